The van der Waals surface area contributed by atoms with E-state index in [4.69, 9.17) is 4.74 Å². The third-order valence-corrected chi connectivity index (χ3v) is 2.88. The largest absolute Gasteiger partial charge is 0.508 e. The van der Waals surface area contributed by atoms with Crippen molar-refractivity contribution in [2.24, 2.45) is 0 Å². The molecule has 0 saturated heterocycles. The summed E-state index contributed by atoms with van der Waals surface area (Å²) in [6.45, 7) is 3.71. The molecule has 0 atom stereocenters. The predicted molar refractivity (Wildman–Crippen MR) is 76.2 cm³/mol. The second kappa shape index (κ2) is 6.91. The van der Waals surface area contributed by atoms with E-state index in [2.05, 4.69) is 5.32 Å². The van der Waals surface area contributed by atoms with Gasteiger partial charge in [-0.1, -0.05) is 25.1 Å². The highest BCUT2D eigenvalue weighted by atomic mass is 19.1. The molecule has 0 spiro atoms. The molecule has 0 aliphatic heterocycles. The normalized spacial score (nSPS) is 10.5. The van der Waals surface area contributed by atoms with Gasteiger partial charge in [0, 0.05) is 6.54 Å². The second-order valence-corrected chi connectivity index (χ2v) is 4.50. The van der Waals surface area contributed by atoms with Crippen LogP contribution in [0.2, 0.25) is 0 Å². The molecule has 0 unspecified atom stereocenters. The Hall–Kier alpha value is -2.07. The lowest BCUT2D eigenvalue weighted by Gasteiger charge is -2.09. The van der Waals surface area contributed by atoms with E-state index in [1.54, 1.807) is 24.3 Å². The van der Waals surface area contributed by atoms with Crippen molar-refractivity contribution >= 4 is 0 Å². The van der Waals surface area contributed by atoms with Gasteiger partial charge in [-0.05, 0) is 41.9 Å². The summed E-state index contributed by atoms with van der Waals surface area (Å²) >= 11 is 0. The van der Waals surface area contributed by atoms with Crippen molar-refractivity contribution in [1.82, 2.24) is 5.32 Å². The Morgan fingerprint density at radius 1 is 1.15 bits per heavy atom. The van der Waals surface area contributed by atoms with E-state index in [0.717, 1.165) is 17.7 Å². The maximum absolute atomic E-state index is 13.9. The van der Waals surface area contributed by atoms with Gasteiger partial charge in [-0.3, -0.25) is 0 Å². The van der Waals surface area contributed by atoms with Crippen LogP contribution < -0.4 is 10.1 Å². The van der Waals surface area contributed by atoms with Crippen LogP contribution in [0, 0.1) is 5.82 Å². The van der Waals surface area contributed by atoms with Crippen LogP contribution >= 0.6 is 0 Å². The molecule has 2 aromatic rings. The topological polar surface area (TPSA) is 41.5 Å². The first-order chi connectivity index (χ1) is 9.69. The lowest BCUT2D eigenvalue weighted by molar-refractivity contribution is 0.289. The van der Waals surface area contributed by atoms with Gasteiger partial charge in [-0.15, -0.1) is 0 Å². The molecule has 2 rings (SSSR count). The summed E-state index contributed by atoms with van der Waals surface area (Å²) in [5.74, 6) is 0.0155. The highest BCUT2D eigenvalue weighted by molar-refractivity contribution is 5.31. The van der Waals surface area contributed by atoms with Crippen molar-refractivity contribution in [3.8, 4) is 11.5 Å². The Morgan fingerprint density at radius 2 is 2.00 bits per heavy atom. The Balaban J connectivity index is 1.99. The minimum atomic E-state index is -0.374. The molecule has 106 valence electrons. The summed E-state index contributed by atoms with van der Waals surface area (Å²) in [6, 6.07) is 11.7. The summed E-state index contributed by atoms with van der Waals surface area (Å²) in [4.78, 5) is 0. The van der Waals surface area contributed by atoms with E-state index in [-0.39, 0.29) is 23.9 Å². The minimum absolute atomic E-state index is 0.174. The van der Waals surface area contributed by atoms with Crippen LogP contribution in [0.3, 0.4) is 0 Å². The van der Waals surface area contributed by atoms with E-state index >= 15 is 0 Å². The molecule has 0 heterocycles. The fourth-order valence-electron chi connectivity index (χ4n) is 1.85. The zero-order valence-electron chi connectivity index (χ0n) is 11.4. The standard InChI is InChI=1S/C16H18FNO2/c1-2-18-10-12-6-7-16(15(17)9-12)20-11-13-4-3-5-14(19)8-13/h3-9,18-19H,2,10-11H2,1H3. The molecule has 2 aromatic carbocycles. The van der Waals surface area contributed by atoms with Crippen LogP contribution in [0.5, 0.6) is 11.5 Å². The summed E-state index contributed by atoms with van der Waals surface area (Å²) in [7, 11) is 0. The first-order valence-corrected chi connectivity index (χ1v) is 6.59. The maximum atomic E-state index is 13.9. The summed E-state index contributed by atoms with van der Waals surface area (Å²) < 4.78 is 19.3. The van der Waals surface area contributed by atoms with Gasteiger partial charge in [-0.2, -0.15) is 0 Å². The molecule has 20 heavy (non-hydrogen) atoms. The molecule has 0 aliphatic carbocycles. The van der Waals surface area contributed by atoms with Gasteiger partial charge in [0.15, 0.2) is 11.6 Å². The molecule has 0 aliphatic rings. The van der Waals surface area contributed by atoms with Crippen molar-refractivity contribution in [3.05, 3.63) is 59.4 Å². The van der Waals surface area contributed by atoms with Crippen molar-refractivity contribution in [2.75, 3.05) is 6.54 Å². The van der Waals surface area contributed by atoms with E-state index in [9.17, 15) is 9.50 Å². The number of halogens is 1. The molecule has 0 amide bonds. The van der Waals surface area contributed by atoms with Gasteiger partial charge < -0.3 is 15.2 Å². The Morgan fingerprint density at radius 3 is 2.70 bits per heavy atom. The lowest BCUT2D eigenvalue weighted by atomic mass is 10.2. The quantitative estimate of drug-likeness (QED) is 0.850. The molecule has 0 fully saturated rings. The van der Waals surface area contributed by atoms with Crippen LogP contribution in [-0.2, 0) is 13.2 Å². The fourth-order valence-corrected chi connectivity index (χ4v) is 1.85. The number of nitrogens with one attached hydrogen (secondary N) is 1. The predicted octanol–water partition coefficient (Wildman–Crippen LogP) is 3.22. The lowest BCUT2D eigenvalue weighted by Crippen LogP contribution is -2.11. The van der Waals surface area contributed by atoms with Crippen molar-refractivity contribution in [1.29, 1.82) is 0 Å². The first-order valence-electron chi connectivity index (χ1n) is 6.59. The van der Waals surface area contributed by atoms with Gasteiger partial charge in [0.1, 0.15) is 12.4 Å². The molecule has 4 heteroatoms. The summed E-state index contributed by atoms with van der Waals surface area (Å²) in [6.07, 6.45) is 0. The van der Waals surface area contributed by atoms with Crippen LogP contribution in [0.1, 0.15) is 18.1 Å². The molecular formula is C16H18FNO2. The monoisotopic (exact) mass is 275 g/mol. The molecular weight excluding hydrogens is 257 g/mol. The van der Waals surface area contributed by atoms with Gasteiger partial charge in [0.2, 0.25) is 0 Å². The second-order valence-electron chi connectivity index (χ2n) is 4.50. The zero-order chi connectivity index (χ0) is 14.4. The van der Waals surface area contributed by atoms with Gasteiger partial charge in [-0.25, -0.2) is 4.39 Å². The molecule has 0 saturated carbocycles. The highest BCUT2D eigenvalue weighted by Crippen LogP contribution is 2.20. The molecule has 0 aromatic heterocycles. The minimum Gasteiger partial charge on any atom is -0.508 e. The average Bonchev–Trinajstić information content (AvgIpc) is 2.44. The number of phenolic OH excluding ortho intramolecular Hbond substituents is 1. The number of aromatic hydroxyl groups is 1. The van der Waals surface area contributed by atoms with E-state index in [1.807, 2.05) is 19.1 Å². The number of ether oxygens (including phenoxy) is 1. The number of benzene rings is 2. The molecule has 0 bridgehead atoms. The number of rotatable bonds is 6. The van der Waals surface area contributed by atoms with Crippen LogP contribution in [-0.4, -0.2) is 11.7 Å². The molecule has 0 radical (unpaired) electrons. The molecule has 2 N–H and O–H groups in total. The highest BCUT2D eigenvalue weighted by Gasteiger charge is 2.05. The smallest absolute Gasteiger partial charge is 0.165 e. The maximum Gasteiger partial charge on any atom is 0.165 e. The first kappa shape index (κ1) is 14.3. The zero-order valence-corrected chi connectivity index (χ0v) is 11.4. The van der Waals surface area contributed by atoms with Gasteiger partial charge in [0.05, 0.1) is 0 Å². The van der Waals surface area contributed by atoms with E-state index in [1.165, 1.54) is 6.07 Å². The number of phenols is 1. The Bertz CT molecular complexity index is 572. The Kier molecular flexibility index (Phi) is 4.96. The van der Waals surface area contributed by atoms with E-state index < -0.39 is 0 Å². The van der Waals surface area contributed by atoms with Crippen LogP contribution in [0.25, 0.3) is 0 Å². The SMILES string of the molecule is CCNCc1ccc(OCc2cccc(O)c2)c(F)c1. The summed E-state index contributed by atoms with van der Waals surface area (Å²) in [5.41, 5.74) is 1.68. The van der Waals surface area contributed by atoms with Gasteiger partial charge >= 0.3 is 0 Å². The van der Waals surface area contributed by atoms with Crippen LogP contribution in [0.15, 0.2) is 42.5 Å². The fraction of sp³-hybridized carbons (Fsp3) is 0.250. The number of hydrogen-bond acceptors (Lipinski definition) is 3. The van der Waals surface area contributed by atoms with Crippen LogP contribution in [0.4, 0.5) is 4.39 Å². The van der Waals surface area contributed by atoms with Crippen molar-refractivity contribution in [3.63, 3.8) is 0 Å². The number of hydrogen-bond donors (Lipinski definition) is 2. The van der Waals surface area contributed by atoms with E-state index in [0.29, 0.717) is 6.54 Å². The van der Waals surface area contributed by atoms with Gasteiger partial charge in [0.25, 0.3) is 0 Å². The Labute approximate surface area is 118 Å². The average molecular weight is 275 g/mol. The van der Waals surface area contributed by atoms with Crippen molar-refractivity contribution < 1.29 is 14.2 Å². The third-order valence-electron chi connectivity index (χ3n) is 2.88. The third kappa shape index (κ3) is 3.96. The van der Waals surface area contributed by atoms with Crippen molar-refractivity contribution in [2.45, 2.75) is 20.1 Å². The molecule has 3 nitrogen and oxygen atoms in total. The summed E-state index contributed by atoms with van der Waals surface area (Å²) in [5, 5.41) is 12.5.